The molecule has 1 saturated heterocycles. The van der Waals surface area contributed by atoms with Crippen molar-refractivity contribution in [3.63, 3.8) is 0 Å². The number of esters is 1. The van der Waals surface area contributed by atoms with Crippen LogP contribution in [0.3, 0.4) is 0 Å². The van der Waals surface area contributed by atoms with E-state index in [1.807, 2.05) is 48.5 Å². The molecule has 5 nitrogen and oxygen atoms in total. The summed E-state index contributed by atoms with van der Waals surface area (Å²) < 4.78 is 10.6. The number of hydrogen-bond acceptors (Lipinski definition) is 4. The van der Waals surface area contributed by atoms with Crippen molar-refractivity contribution in [2.45, 2.75) is 25.7 Å². The summed E-state index contributed by atoms with van der Waals surface area (Å²) in [7, 11) is 1.60. The molecule has 2 aromatic rings. The summed E-state index contributed by atoms with van der Waals surface area (Å²) in [5, 5.41) is 2.92. The number of benzene rings is 2. The van der Waals surface area contributed by atoms with E-state index >= 15 is 0 Å². The Balaban J connectivity index is 1.41. The van der Waals surface area contributed by atoms with Gasteiger partial charge in [-0.3, -0.25) is 9.59 Å². The number of allylic oxidation sites excluding steroid dienone is 1. The Labute approximate surface area is 170 Å². The van der Waals surface area contributed by atoms with Gasteiger partial charge in [-0.2, -0.15) is 0 Å². The third-order valence-corrected chi connectivity index (χ3v) is 6.00. The number of carbonyl (C=O) groups is 2. The maximum atomic E-state index is 12.4. The molecule has 150 valence electrons. The fourth-order valence-corrected chi connectivity index (χ4v) is 4.56. The van der Waals surface area contributed by atoms with Gasteiger partial charge in [0, 0.05) is 17.2 Å². The Morgan fingerprint density at radius 3 is 2.76 bits per heavy atom. The third kappa shape index (κ3) is 3.77. The van der Waals surface area contributed by atoms with Gasteiger partial charge in [0.05, 0.1) is 25.6 Å². The Morgan fingerprint density at radius 2 is 2.00 bits per heavy atom. The Kier molecular flexibility index (Phi) is 5.14. The molecule has 2 aliphatic rings. The number of ether oxygens (including phenoxy) is 2. The molecule has 0 spiro atoms. The topological polar surface area (TPSA) is 64.6 Å². The molecule has 1 aliphatic heterocycles. The van der Waals surface area contributed by atoms with E-state index in [4.69, 9.17) is 9.47 Å². The van der Waals surface area contributed by atoms with Crippen LogP contribution in [-0.4, -0.2) is 25.6 Å². The van der Waals surface area contributed by atoms with Crippen molar-refractivity contribution in [1.82, 2.24) is 0 Å². The molecule has 2 aromatic carbocycles. The van der Waals surface area contributed by atoms with Crippen LogP contribution in [0, 0.1) is 11.3 Å². The van der Waals surface area contributed by atoms with E-state index in [1.54, 1.807) is 7.11 Å². The highest BCUT2D eigenvalue weighted by Gasteiger charge is 2.55. The van der Waals surface area contributed by atoms with Crippen molar-refractivity contribution in [2.75, 3.05) is 19.0 Å². The van der Waals surface area contributed by atoms with Crippen molar-refractivity contribution < 1.29 is 19.1 Å². The van der Waals surface area contributed by atoms with Crippen LogP contribution in [0.4, 0.5) is 5.69 Å². The summed E-state index contributed by atoms with van der Waals surface area (Å²) in [6.45, 7) is 4.58. The minimum Gasteiger partial charge on any atom is -0.496 e. The SMILES string of the molecule is C=C1C[C@@H]2COC(=O)[C@]2(Cc2ccc(NC(=O)Cc3ccccc3OC)cc2)C1. The summed E-state index contributed by atoms with van der Waals surface area (Å²) in [5.74, 6) is 0.721. The minimum atomic E-state index is -0.467. The number of rotatable bonds is 6. The largest absolute Gasteiger partial charge is 0.496 e. The van der Waals surface area contributed by atoms with Crippen LogP contribution in [0.1, 0.15) is 24.0 Å². The molecule has 1 amide bonds. The van der Waals surface area contributed by atoms with Gasteiger partial charge in [-0.15, -0.1) is 0 Å². The van der Waals surface area contributed by atoms with Crippen LogP contribution in [0.15, 0.2) is 60.7 Å². The molecular weight excluding hydrogens is 366 g/mol. The number of carbonyl (C=O) groups excluding carboxylic acids is 2. The molecule has 1 aliphatic carbocycles. The lowest BCUT2D eigenvalue weighted by Crippen LogP contribution is -2.31. The van der Waals surface area contributed by atoms with E-state index in [2.05, 4.69) is 11.9 Å². The first-order valence-corrected chi connectivity index (χ1v) is 9.85. The van der Waals surface area contributed by atoms with Gasteiger partial charge < -0.3 is 14.8 Å². The summed E-state index contributed by atoms with van der Waals surface area (Å²) in [5.41, 5.74) is 3.30. The second-order valence-electron chi connectivity index (χ2n) is 7.99. The van der Waals surface area contributed by atoms with E-state index in [-0.39, 0.29) is 24.2 Å². The van der Waals surface area contributed by atoms with E-state index in [9.17, 15) is 9.59 Å². The molecule has 1 N–H and O–H groups in total. The normalized spacial score (nSPS) is 22.9. The molecule has 0 radical (unpaired) electrons. The molecule has 1 heterocycles. The first-order valence-electron chi connectivity index (χ1n) is 9.85. The molecular formula is C24H25NO4. The first kappa shape index (κ1) is 19.2. The molecule has 0 aromatic heterocycles. The van der Waals surface area contributed by atoms with Crippen LogP contribution >= 0.6 is 0 Å². The van der Waals surface area contributed by atoms with Crippen LogP contribution < -0.4 is 10.1 Å². The van der Waals surface area contributed by atoms with E-state index in [0.717, 1.165) is 28.8 Å². The van der Waals surface area contributed by atoms with Gasteiger partial charge in [0.2, 0.25) is 5.91 Å². The van der Waals surface area contributed by atoms with Crippen LogP contribution in [-0.2, 0) is 27.2 Å². The number of hydrogen-bond donors (Lipinski definition) is 1. The second kappa shape index (κ2) is 7.74. The monoisotopic (exact) mass is 391 g/mol. The average molecular weight is 391 g/mol. The minimum absolute atomic E-state index is 0.102. The van der Waals surface area contributed by atoms with Crippen molar-refractivity contribution in [3.05, 3.63) is 71.8 Å². The number of anilines is 1. The maximum Gasteiger partial charge on any atom is 0.313 e. The fourth-order valence-electron chi connectivity index (χ4n) is 4.56. The van der Waals surface area contributed by atoms with E-state index in [0.29, 0.717) is 25.2 Å². The highest BCUT2D eigenvalue weighted by Crippen LogP contribution is 2.52. The van der Waals surface area contributed by atoms with Crippen LogP contribution in [0.2, 0.25) is 0 Å². The zero-order valence-electron chi connectivity index (χ0n) is 16.6. The Bertz CT molecular complexity index is 950. The molecule has 2 atom stereocenters. The number of methoxy groups -OCH3 is 1. The van der Waals surface area contributed by atoms with Gasteiger partial charge in [-0.1, -0.05) is 42.5 Å². The van der Waals surface area contributed by atoms with Gasteiger partial charge in [0.25, 0.3) is 0 Å². The highest BCUT2D eigenvalue weighted by molar-refractivity contribution is 5.92. The van der Waals surface area contributed by atoms with E-state index < -0.39 is 5.41 Å². The summed E-state index contributed by atoms with van der Waals surface area (Å²) in [6, 6.07) is 15.2. The standard InChI is InChI=1S/C24H25NO4/c1-16-11-19-15-29-23(27)24(19,13-16)14-17-7-9-20(10-8-17)25-22(26)12-18-5-3-4-6-21(18)28-2/h3-10,19H,1,11-15H2,2H3,(H,25,26)/t19-,24+/m1/s1. The smallest absolute Gasteiger partial charge is 0.313 e. The van der Waals surface area contributed by atoms with Gasteiger partial charge in [0.15, 0.2) is 0 Å². The number of cyclic esters (lactones) is 1. The Hall–Kier alpha value is -3.08. The van der Waals surface area contributed by atoms with Gasteiger partial charge >= 0.3 is 5.97 Å². The van der Waals surface area contributed by atoms with Crippen LogP contribution in [0.25, 0.3) is 0 Å². The first-order chi connectivity index (χ1) is 14.0. The van der Waals surface area contributed by atoms with Crippen molar-refractivity contribution >= 4 is 17.6 Å². The van der Waals surface area contributed by atoms with E-state index in [1.165, 1.54) is 0 Å². The zero-order chi connectivity index (χ0) is 20.4. The molecule has 2 fully saturated rings. The van der Waals surface area contributed by atoms with Crippen molar-refractivity contribution in [3.8, 4) is 5.75 Å². The highest BCUT2D eigenvalue weighted by atomic mass is 16.5. The second-order valence-corrected chi connectivity index (χ2v) is 7.99. The third-order valence-electron chi connectivity index (χ3n) is 6.00. The average Bonchev–Trinajstić information content (AvgIpc) is 3.18. The van der Waals surface area contributed by atoms with Gasteiger partial charge in [-0.05, 0) is 43.0 Å². The lowest BCUT2D eigenvalue weighted by Gasteiger charge is -2.24. The number of amides is 1. The summed E-state index contributed by atoms with van der Waals surface area (Å²) in [4.78, 5) is 24.8. The Morgan fingerprint density at radius 1 is 1.24 bits per heavy atom. The van der Waals surface area contributed by atoms with Crippen molar-refractivity contribution in [2.24, 2.45) is 11.3 Å². The molecule has 5 heteroatoms. The number of para-hydroxylation sites is 1. The lowest BCUT2D eigenvalue weighted by atomic mass is 9.75. The zero-order valence-corrected chi connectivity index (χ0v) is 16.6. The number of fused-ring (bicyclic) bond motifs is 1. The maximum absolute atomic E-state index is 12.4. The quantitative estimate of drug-likeness (QED) is 0.599. The molecule has 4 rings (SSSR count). The fraction of sp³-hybridized carbons (Fsp3) is 0.333. The predicted molar refractivity (Wildman–Crippen MR) is 111 cm³/mol. The van der Waals surface area contributed by atoms with Gasteiger partial charge in [-0.25, -0.2) is 0 Å². The lowest BCUT2D eigenvalue weighted by molar-refractivity contribution is -0.146. The molecule has 0 bridgehead atoms. The molecule has 1 saturated carbocycles. The predicted octanol–water partition coefficient (Wildman–Crippen LogP) is 3.93. The van der Waals surface area contributed by atoms with Crippen molar-refractivity contribution in [1.29, 1.82) is 0 Å². The number of nitrogens with one attached hydrogen (secondary N) is 1. The summed E-state index contributed by atoms with van der Waals surface area (Å²) in [6.07, 6.45) is 2.45. The molecule has 0 unspecified atom stereocenters. The molecule has 29 heavy (non-hydrogen) atoms. The van der Waals surface area contributed by atoms with Crippen LogP contribution in [0.5, 0.6) is 5.75 Å². The van der Waals surface area contributed by atoms with Gasteiger partial charge in [0.1, 0.15) is 5.75 Å². The summed E-state index contributed by atoms with van der Waals surface area (Å²) >= 11 is 0.